The number of hydrogen-bond acceptors (Lipinski definition) is 5. The summed E-state index contributed by atoms with van der Waals surface area (Å²) in [5, 5.41) is 4.08. The number of nitrogens with zero attached hydrogens (tertiary/aromatic N) is 3. The molecule has 5 nitrogen and oxygen atoms in total. The summed E-state index contributed by atoms with van der Waals surface area (Å²) in [6, 6.07) is 10.1. The first-order valence-corrected chi connectivity index (χ1v) is 9.15. The maximum Gasteiger partial charge on any atom is 0.275 e. The maximum atomic E-state index is 13.1. The minimum atomic E-state index is -0.0389. The van der Waals surface area contributed by atoms with E-state index >= 15 is 0 Å². The average molecular weight is 348 g/mol. The van der Waals surface area contributed by atoms with Gasteiger partial charge >= 0.3 is 0 Å². The third kappa shape index (κ3) is 2.25. The van der Waals surface area contributed by atoms with Gasteiger partial charge < -0.3 is 5.32 Å². The van der Waals surface area contributed by atoms with Crippen LogP contribution in [0.2, 0.25) is 0 Å². The highest BCUT2D eigenvalue weighted by atomic mass is 32.1. The molecule has 25 heavy (non-hydrogen) atoms. The van der Waals surface area contributed by atoms with Gasteiger partial charge in [0.05, 0.1) is 16.6 Å². The van der Waals surface area contributed by atoms with Gasteiger partial charge in [-0.15, -0.1) is 11.3 Å². The van der Waals surface area contributed by atoms with Crippen molar-refractivity contribution in [3.8, 4) is 5.69 Å². The van der Waals surface area contributed by atoms with E-state index in [4.69, 9.17) is 0 Å². The van der Waals surface area contributed by atoms with Crippen LogP contribution in [-0.2, 0) is 0 Å². The van der Waals surface area contributed by atoms with Crippen molar-refractivity contribution in [2.45, 2.75) is 18.8 Å². The van der Waals surface area contributed by atoms with Crippen molar-refractivity contribution in [3.05, 3.63) is 58.8 Å². The molecule has 1 N–H and O–H groups in total. The van der Waals surface area contributed by atoms with Gasteiger partial charge in [0, 0.05) is 18.9 Å². The molecule has 6 heteroatoms. The Balaban J connectivity index is 1.76. The summed E-state index contributed by atoms with van der Waals surface area (Å²) in [4.78, 5) is 22.9. The van der Waals surface area contributed by atoms with Crippen molar-refractivity contribution in [2.75, 3.05) is 12.4 Å². The maximum absolute atomic E-state index is 13.1. The molecule has 0 unspecified atom stereocenters. The summed E-state index contributed by atoms with van der Waals surface area (Å²) < 4.78 is 2.28. The Kier molecular flexibility index (Phi) is 3.15. The molecular weight excluding hydrogens is 332 g/mol. The number of fused-ring (bicyclic) bond motifs is 3. The third-order valence-corrected chi connectivity index (χ3v) is 5.82. The molecule has 5 rings (SSSR count). The molecule has 0 radical (unpaired) electrons. The monoisotopic (exact) mass is 348 g/mol. The Labute approximate surface area is 148 Å². The smallest absolute Gasteiger partial charge is 0.275 e. The van der Waals surface area contributed by atoms with E-state index in [0.717, 1.165) is 27.1 Å². The van der Waals surface area contributed by atoms with Crippen molar-refractivity contribution >= 4 is 37.5 Å². The standard InChI is InChI=1S/C19H16N4OS/c1-20-14-7-8-21-18-15(14)16-17(25-18)19(24)23(10-22-16)13-4-2-3-12(9-13)11-5-6-11/h2-4,7-11H,5-6H2,1H3,(H,20,21). The molecule has 0 atom stereocenters. The molecule has 1 saturated carbocycles. The molecule has 1 aromatic carbocycles. The molecule has 1 fully saturated rings. The van der Waals surface area contributed by atoms with Crippen LogP contribution in [0.15, 0.2) is 47.7 Å². The molecule has 0 saturated heterocycles. The first-order chi connectivity index (χ1) is 12.3. The lowest BCUT2D eigenvalue weighted by Crippen LogP contribution is -2.17. The minimum absolute atomic E-state index is 0.0389. The summed E-state index contributed by atoms with van der Waals surface area (Å²) in [5.41, 5.74) is 3.81. The van der Waals surface area contributed by atoms with Gasteiger partial charge in [-0.05, 0) is 42.5 Å². The van der Waals surface area contributed by atoms with Gasteiger partial charge in [-0.25, -0.2) is 9.97 Å². The first-order valence-electron chi connectivity index (χ1n) is 8.33. The zero-order valence-electron chi connectivity index (χ0n) is 13.7. The quantitative estimate of drug-likeness (QED) is 0.610. The summed E-state index contributed by atoms with van der Waals surface area (Å²) in [7, 11) is 1.86. The van der Waals surface area contributed by atoms with E-state index in [-0.39, 0.29) is 5.56 Å². The van der Waals surface area contributed by atoms with Crippen molar-refractivity contribution < 1.29 is 0 Å². The van der Waals surface area contributed by atoms with Crippen molar-refractivity contribution in [2.24, 2.45) is 0 Å². The molecule has 0 bridgehead atoms. The van der Waals surface area contributed by atoms with E-state index in [2.05, 4.69) is 27.4 Å². The summed E-state index contributed by atoms with van der Waals surface area (Å²) in [6.45, 7) is 0. The normalized spacial score (nSPS) is 14.3. The van der Waals surface area contributed by atoms with Crippen LogP contribution in [0.4, 0.5) is 5.69 Å². The number of hydrogen-bond donors (Lipinski definition) is 1. The number of aromatic nitrogens is 3. The average Bonchev–Trinajstić information content (AvgIpc) is 3.42. The van der Waals surface area contributed by atoms with Crippen LogP contribution in [-0.4, -0.2) is 21.6 Å². The molecule has 0 spiro atoms. The fourth-order valence-electron chi connectivity index (χ4n) is 3.29. The lowest BCUT2D eigenvalue weighted by molar-refractivity contribution is 0.960. The molecule has 1 aliphatic carbocycles. The van der Waals surface area contributed by atoms with Gasteiger partial charge in [-0.2, -0.15) is 0 Å². The Morgan fingerprint density at radius 2 is 2.12 bits per heavy atom. The lowest BCUT2D eigenvalue weighted by atomic mass is 10.1. The topological polar surface area (TPSA) is 59.8 Å². The predicted octanol–water partition coefficient (Wildman–Crippen LogP) is 3.91. The van der Waals surface area contributed by atoms with Crippen molar-refractivity contribution in [3.63, 3.8) is 0 Å². The molecule has 4 aromatic rings. The zero-order valence-corrected chi connectivity index (χ0v) is 14.5. The lowest BCUT2D eigenvalue weighted by Gasteiger charge is -2.07. The predicted molar refractivity (Wildman–Crippen MR) is 102 cm³/mol. The van der Waals surface area contributed by atoms with Crippen LogP contribution in [0.1, 0.15) is 24.3 Å². The van der Waals surface area contributed by atoms with Crippen LogP contribution in [0.25, 0.3) is 26.1 Å². The summed E-state index contributed by atoms with van der Waals surface area (Å²) in [5.74, 6) is 0.652. The van der Waals surface area contributed by atoms with Gasteiger partial charge in [0.15, 0.2) is 0 Å². The molecular formula is C19H16N4OS. The molecule has 0 amide bonds. The van der Waals surface area contributed by atoms with E-state index < -0.39 is 0 Å². The van der Waals surface area contributed by atoms with Gasteiger partial charge in [0.2, 0.25) is 0 Å². The number of nitrogens with one attached hydrogen (secondary N) is 1. The first kappa shape index (κ1) is 14.6. The van der Waals surface area contributed by atoms with Crippen LogP contribution in [0, 0.1) is 0 Å². The number of thiophene rings is 1. The third-order valence-electron chi connectivity index (χ3n) is 4.75. The molecule has 1 aliphatic rings. The molecule has 3 heterocycles. The van der Waals surface area contributed by atoms with Gasteiger partial charge in [-0.3, -0.25) is 9.36 Å². The minimum Gasteiger partial charge on any atom is -0.387 e. The Bertz CT molecular complexity index is 1170. The van der Waals surface area contributed by atoms with Crippen LogP contribution >= 0.6 is 11.3 Å². The van der Waals surface area contributed by atoms with Crippen molar-refractivity contribution in [1.29, 1.82) is 0 Å². The van der Waals surface area contributed by atoms with Crippen LogP contribution < -0.4 is 10.9 Å². The zero-order chi connectivity index (χ0) is 17.0. The number of anilines is 1. The van der Waals surface area contributed by atoms with Gasteiger partial charge in [-0.1, -0.05) is 12.1 Å². The van der Waals surface area contributed by atoms with E-state index in [9.17, 15) is 4.79 Å². The van der Waals surface area contributed by atoms with E-state index in [0.29, 0.717) is 10.6 Å². The molecule has 124 valence electrons. The second-order valence-corrected chi connectivity index (χ2v) is 7.36. The highest BCUT2D eigenvalue weighted by Gasteiger charge is 2.24. The number of pyridine rings is 1. The second kappa shape index (κ2) is 5.39. The summed E-state index contributed by atoms with van der Waals surface area (Å²) in [6.07, 6.45) is 5.87. The van der Waals surface area contributed by atoms with Crippen molar-refractivity contribution in [1.82, 2.24) is 14.5 Å². The Hall–Kier alpha value is -2.73. The van der Waals surface area contributed by atoms with Crippen LogP contribution in [0.5, 0.6) is 0 Å². The van der Waals surface area contributed by atoms with E-state index in [1.54, 1.807) is 17.1 Å². The number of rotatable bonds is 3. The number of benzene rings is 1. The fourth-order valence-corrected chi connectivity index (χ4v) is 4.34. The Morgan fingerprint density at radius 1 is 1.24 bits per heavy atom. The largest absolute Gasteiger partial charge is 0.387 e. The highest BCUT2D eigenvalue weighted by Crippen LogP contribution is 2.40. The van der Waals surface area contributed by atoms with Gasteiger partial charge in [0.1, 0.15) is 15.9 Å². The van der Waals surface area contributed by atoms with E-state index in [1.807, 2.05) is 25.2 Å². The molecule has 3 aromatic heterocycles. The SMILES string of the molecule is CNc1ccnc2sc3c(=O)n(-c4cccc(C5CC5)c4)cnc3c12. The fraction of sp³-hybridized carbons (Fsp3) is 0.211. The van der Waals surface area contributed by atoms with Crippen LogP contribution in [0.3, 0.4) is 0 Å². The highest BCUT2D eigenvalue weighted by molar-refractivity contribution is 7.25. The molecule has 0 aliphatic heterocycles. The Morgan fingerprint density at radius 3 is 2.92 bits per heavy atom. The van der Waals surface area contributed by atoms with Gasteiger partial charge in [0.25, 0.3) is 5.56 Å². The van der Waals surface area contributed by atoms with E-state index in [1.165, 1.54) is 29.7 Å². The summed E-state index contributed by atoms with van der Waals surface area (Å²) >= 11 is 1.40. The second-order valence-electron chi connectivity index (χ2n) is 6.36.